The standard InChI is InChI=1S/C20H16N2/c1-22(18-11-3-2-4-12-18)19(15-21)14-17-10-7-9-16-8-5-6-13-20(16)17/h2-14H,1H3. The SMILES string of the molecule is CN(C(C#N)=Cc1cccc2ccccc12)c1ccccc1. The van der Waals surface area contributed by atoms with Gasteiger partial charge in [0.1, 0.15) is 11.8 Å². The van der Waals surface area contributed by atoms with Crippen LogP contribution in [-0.2, 0) is 0 Å². The molecule has 3 aromatic rings. The monoisotopic (exact) mass is 284 g/mol. The second-order valence-electron chi connectivity index (χ2n) is 5.10. The average Bonchev–Trinajstić information content (AvgIpc) is 2.60. The van der Waals surface area contributed by atoms with Gasteiger partial charge in [0, 0.05) is 12.7 Å². The highest BCUT2D eigenvalue weighted by atomic mass is 15.1. The van der Waals surface area contributed by atoms with Crippen molar-refractivity contribution in [1.82, 2.24) is 0 Å². The average molecular weight is 284 g/mol. The van der Waals surface area contributed by atoms with Crippen LogP contribution in [0.25, 0.3) is 16.8 Å². The molecule has 0 saturated heterocycles. The fraction of sp³-hybridized carbons (Fsp3) is 0.0500. The molecule has 2 heteroatoms. The van der Waals surface area contributed by atoms with Gasteiger partial charge >= 0.3 is 0 Å². The first-order chi connectivity index (χ1) is 10.8. The smallest absolute Gasteiger partial charge is 0.120 e. The predicted octanol–water partition coefficient (Wildman–Crippen LogP) is 4.84. The van der Waals surface area contributed by atoms with Crippen LogP contribution in [-0.4, -0.2) is 7.05 Å². The van der Waals surface area contributed by atoms with E-state index in [1.54, 1.807) is 0 Å². The normalized spacial score (nSPS) is 11.2. The highest BCUT2D eigenvalue weighted by molar-refractivity contribution is 5.91. The van der Waals surface area contributed by atoms with Crippen molar-refractivity contribution >= 4 is 22.5 Å². The zero-order chi connectivity index (χ0) is 15.4. The molecule has 2 nitrogen and oxygen atoms in total. The summed E-state index contributed by atoms with van der Waals surface area (Å²) in [7, 11) is 1.91. The summed E-state index contributed by atoms with van der Waals surface area (Å²) in [5, 5.41) is 11.9. The van der Waals surface area contributed by atoms with Crippen LogP contribution >= 0.6 is 0 Å². The molecule has 0 aliphatic rings. The lowest BCUT2D eigenvalue weighted by atomic mass is 10.0. The maximum absolute atomic E-state index is 9.53. The van der Waals surface area contributed by atoms with Crippen LogP contribution in [0.4, 0.5) is 5.69 Å². The van der Waals surface area contributed by atoms with Crippen molar-refractivity contribution in [3.8, 4) is 6.07 Å². The number of hydrogen-bond donors (Lipinski definition) is 0. The molecule has 0 amide bonds. The van der Waals surface area contributed by atoms with E-state index in [4.69, 9.17) is 0 Å². The number of para-hydroxylation sites is 1. The number of nitriles is 1. The van der Waals surface area contributed by atoms with Gasteiger partial charge in [-0.05, 0) is 34.5 Å². The molecule has 0 bridgehead atoms. The fourth-order valence-electron chi connectivity index (χ4n) is 2.52. The summed E-state index contributed by atoms with van der Waals surface area (Å²) in [6, 6.07) is 26.6. The molecule has 0 radical (unpaired) electrons. The Kier molecular flexibility index (Phi) is 3.89. The zero-order valence-corrected chi connectivity index (χ0v) is 12.4. The van der Waals surface area contributed by atoms with Crippen LogP contribution in [0.5, 0.6) is 0 Å². The maximum atomic E-state index is 9.53. The van der Waals surface area contributed by atoms with Crippen molar-refractivity contribution in [1.29, 1.82) is 5.26 Å². The Morgan fingerprint density at radius 1 is 0.909 bits per heavy atom. The van der Waals surface area contributed by atoms with E-state index in [2.05, 4.69) is 24.3 Å². The number of allylic oxidation sites excluding steroid dienone is 1. The van der Waals surface area contributed by atoms with E-state index < -0.39 is 0 Å². The van der Waals surface area contributed by atoms with Gasteiger partial charge in [-0.2, -0.15) is 5.26 Å². The predicted molar refractivity (Wildman–Crippen MR) is 92.4 cm³/mol. The topological polar surface area (TPSA) is 27.0 Å². The van der Waals surface area contributed by atoms with Gasteiger partial charge in [0.2, 0.25) is 0 Å². The molecule has 0 atom stereocenters. The van der Waals surface area contributed by atoms with E-state index >= 15 is 0 Å². The minimum atomic E-state index is 0.613. The molecule has 0 spiro atoms. The minimum absolute atomic E-state index is 0.613. The van der Waals surface area contributed by atoms with E-state index in [-0.39, 0.29) is 0 Å². The van der Waals surface area contributed by atoms with Crippen molar-refractivity contribution in [2.75, 3.05) is 11.9 Å². The van der Waals surface area contributed by atoms with E-state index in [0.717, 1.165) is 16.6 Å². The largest absolute Gasteiger partial charge is 0.336 e. The third-order valence-electron chi connectivity index (χ3n) is 3.73. The van der Waals surface area contributed by atoms with Gasteiger partial charge in [-0.3, -0.25) is 0 Å². The third-order valence-corrected chi connectivity index (χ3v) is 3.73. The zero-order valence-electron chi connectivity index (χ0n) is 12.4. The second kappa shape index (κ2) is 6.15. The second-order valence-corrected chi connectivity index (χ2v) is 5.10. The summed E-state index contributed by atoms with van der Waals surface area (Å²) in [6.07, 6.45) is 1.94. The van der Waals surface area contributed by atoms with Gasteiger partial charge in [-0.1, -0.05) is 60.7 Å². The van der Waals surface area contributed by atoms with E-state index in [1.807, 2.05) is 72.6 Å². The van der Waals surface area contributed by atoms with Gasteiger partial charge in [-0.25, -0.2) is 0 Å². The Morgan fingerprint density at radius 2 is 1.59 bits per heavy atom. The molecule has 0 aliphatic carbocycles. The summed E-state index contributed by atoms with van der Waals surface area (Å²) in [6.45, 7) is 0. The van der Waals surface area contributed by atoms with Crippen molar-refractivity contribution in [3.05, 3.63) is 84.1 Å². The number of nitrogens with zero attached hydrogens (tertiary/aromatic N) is 2. The first-order valence-electron chi connectivity index (χ1n) is 7.18. The summed E-state index contributed by atoms with van der Waals surface area (Å²) >= 11 is 0. The first-order valence-corrected chi connectivity index (χ1v) is 7.18. The Labute approximate surface area is 130 Å². The Balaban J connectivity index is 2.06. The number of fused-ring (bicyclic) bond motifs is 1. The summed E-state index contributed by atoms with van der Waals surface area (Å²) in [5.74, 6) is 0. The maximum Gasteiger partial charge on any atom is 0.120 e. The van der Waals surface area contributed by atoms with Gasteiger partial charge in [0.15, 0.2) is 0 Å². The van der Waals surface area contributed by atoms with E-state index in [0.29, 0.717) is 5.70 Å². The minimum Gasteiger partial charge on any atom is -0.336 e. The summed E-state index contributed by atoms with van der Waals surface area (Å²) < 4.78 is 0. The highest BCUT2D eigenvalue weighted by Crippen LogP contribution is 2.23. The highest BCUT2D eigenvalue weighted by Gasteiger charge is 2.07. The molecule has 0 fully saturated rings. The fourth-order valence-corrected chi connectivity index (χ4v) is 2.52. The number of anilines is 1. The lowest BCUT2D eigenvalue weighted by molar-refractivity contribution is 1.15. The van der Waals surface area contributed by atoms with Crippen molar-refractivity contribution < 1.29 is 0 Å². The molecule has 22 heavy (non-hydrogen) atoms. The molecule has 3 rings (SSSR count). The molecule has 0 saturated carbocycles. The van der Waals surface area contributed by atoms with Gasteiger partial charge in [0.05, 0.1) is 0 Å². The lowest BCUT2D eigenvalue weighted by Crippen LogP contribution is -2.14. The quantitative estimate of drug-likeness (QED) is 0.643. The van der Waals surface area contributed by atoms with E-state index in [9.17, 15) is 5.26 Å². The molecule has 0 N–H and O–H groups in total. The van der Waals surface area contributed by atoms with Crippen LogP contribution in [0.3, 0.4) is 0 Å². The van der Waals surface area contributed by atoms with Crippen LogP contribution < -0.4 is 4.90 Å². The molecular formula is C20H16N2. The number of hydrogen-bond acceptors (Lipinski definition) is 2. The lowest BCUT2D eigenvalue weighted by Gasteiger charge is -2.18. The molecular weight excluding hydrogens is 268 g/mol. The van der Waals surface area contributed by atoms with Crippen LogP contribution in [0.1, 0.15) is 5.56 Å². The molecule has 0 aromatic heterocycles. The summed E-state index contributed by atoms with van der Waals surface area (Å²) in [5.41, 5.74) is 2.66. The molecule has 0 aliphatic heterocycles. The number of rotatable bonds is 3. The molecule has 106 valence electrons. The molecule has 0 heterocycles. The van der Waals surface area contributed by atoms with Crippen molar-refractivity contribution in [2.24, 2.45) is 0 Å². The first kappa shape index (κ1) is 13.9. The Hall–Kier alpha value is -3.05. The van der Waals surface area contributed by atoms with Gasteiger partial charge in [-0.15, -0.1) is 0 Å². The molecule has 3 aromatic carbocycles. The van der Waals surface area contributed by atoms with Crippen molar-refractivity contribution in [3.63, 3.8) is 0 Å². The third kappa shape index (κ3) is 2.70. The summed E-state index contributed by atoms with van der Waals surface area (Å²) in [4.78, 5) is 1.90. The molecule has 0 unspecified atom stereocenters. The number of benzene rings is 3. The van der Waals surface area contributed by atoms with Crippen LogP contribution in [0, 0.1) is 11.3 Å². The Bertz CT molecular complexity index is 852. The van der Waals surface area contributed by atoms with E-state index in [1.165, 1.54) is 5.39 Å². The van der Waals surface area contributed by atoms with Gasteiger partial charge < -0.3 is 4.90 Å². The van der Waals surface area contributed by atoms with Crippen LogP contribution in [0.15, 0.2) is 78.5 Å². The van der Waals surface area contributed by atoms with Crippen LogP contribution in [0.2, 0.25) is 0 Å². The van der Waals surface area contributed by atoms with Crippen molar-refractivity contribution in [2.45, 2.75) is 0 Å². The van der Waals surface area contributed by atoms with Gasteiger partial charge in [0.25, 0.3) is 0 Å². The Morgan fingerprint density at radius 3 is 2.36 bits per heavy atom.